The summed E-state index contributed by atoms with van der Waals surface area (Å²) in [5.41, 5.74) is 7.24. The highest BCUT2D eigenvalue weighted by molar-refractivity contribution is 5.86. The van der Waals surface area contributed by atoms with Crippen LogP contribution in [0.15, 0.2) is 54.6 Å². The minimum atomic E-state index is 0.546. The van der Waals surface area contributed by atoms with Crippen molar-refractivity contribution in [1.82, 2.24) is 14.8 Å². The molecule has 0 atom stereocenters. The molecule has 0 saturated heterocycles. The Morgan fingerprint density at radius 3 is 2.68 bits per heavy atom. The van der Waals surface area contributed by atoms with Crippen molar-refractivity contribution >= 4 is 11.0 Å². The summed E-state index contributed by atoms with van der Waals surface area (Å²) in [4.78, 5) is 5.02. The zero-order chi connectivity index (χ0) is 17.0. The molecule has 4 nitrogen and oxygen atoms in total. The molecule has 4 heteroatoms. The monoisotopic (exact) mass is 327 g/mol. The van der Waals surface area contributed by atoms with Crippen molar-refractivity contribution in [2.45, 2.75) is 20.5 Å². The first-order chi connectivity index (χ1) is 12.2. The van der Waals surface area contributed by atoms with Gasteiger partial charge in [0.1, 0.15) is 12.4 Å². The molecule has 3 heterocycles. The molecule has 0 aliphatic carbocycles. The smallest absolute Gasteiger partial charge is 0.163 e. The molecule has 0 amide bonds. The van der Waals surface area contributed by atoms with E-state index in [2.05, 4.69) is 25.1 Å². The highest BCUT2D eigenvalue weighted by Crippen LogP contribution is 2.38. The molecule has 0 radical (unpaired) electrons. The fourth-order valence-corrected chi connectivity index (χ4v) is 3.43. The van der Waals surface area contributed by atoms with Crippen LogP contribution in [0.1, 0.15) is 16.8 Å². The molecule has 0 unspecified atom stereocenters. The summed E-state index contributed by atoms with van der Waals surface area (Å²) in [5.74, 6) is 0.896. The number of aromatic nitrogens is 3. The Balaban J connectivity index is 1.81. The van der Waals surface area contributed by atoms with E-state index in [0.29, 0.717) is 6.61 Å². The molecule has 5 rings (SSSR count). The first kappa shape index (κ1) is 14.2. The number of aryl methyl sites for hydroxylation is 2. The van der Waals surface area contributed by atoms with Gasteiger partial charge in [-0.15, -0.1) is 0 Å². The maximum atomic E-state index is 5.92. The van der Waals surface area contributed by atoms with Crippen LogP contribution in [0.2, 0.25) is 0 Å². The molecule has 0 spiro atoms. The third-order valence-corrected chi connectivity index (χ3v) is 4.70. The van der Waals surface area contributed by atoms with E-state index in [4.69, 9.17) is 14.8 Å². The van der Waals surface area contributed by atoms with Crippen LogP contribution in [0.4, 0.5) is 0 Å². The molecule has 2 aromatic heterocycles. The Morgan fingerprint density at radius 1 is 1.00 bits per heavy atom. The van der Waals surface area contributed by atoms with Crippen LogP contribution in [0.25, 0.3) is 28.0 Å². The van der Waals surface area contributed by atoms with Crippen molar-refractivity contribution in [3.8, 4) is 22.7 Å². The molecular weight excluding hydrogens is 310 g/mol. The van der Waals surface area contributed by atoms with Crippen molar-refractivity contribution in [2.75, 3.05) is 0 Å². The van der Waals surface area contributed by atoms with Crippen LogP contribution in [-0.2, 0) is 6.61 Å². The minimum Gasteiger partial charge on any atom is -0.488 e. The highest BCUT2D eigenvalue weighted by atomic mass is 16.5. The predicted octanol–water partition coefficient (Wildman–Crippen LogP) is 4.60. The molecule has 1 aliphatic rings. The van der Waals surface area contributed by atoms with E-state index in [0.717, 1.165) is 45.0 Å². The molecule has 0 N–H and O–H groups in total. The minimum absolute atomic E-state index is 0.546. The fraction of sp³-hybridized carbons (Fsp3) is 0.143. The number of hydrogen-bond acceptors (Lipinski definition) is 3. The lowest BCUT2D eigenvalue weighted by atomic mass is 10.00. The number of hydrogen-bond donors (Lipinski definition) is 0. The SMILES string of the molecule is Cc1ccc2c(c1)-c1nc3c(cc1CO2)c(C)nn3-c1ccccc1. The van der Waals surface area contributed by atoms with Crippen LogP contribution in [-0.4, -0.2) is 14.8 Å². The zero-order valence-electron chi connectivity index (χ0n) is 14.2. The third-order valence-electron chi connectivity index (χ3n) is 4.70. The van der Waals surface area contributed by atoms with Gasteiger partial charge in [-0.05, 0) is 44.2 Å². The summed E-state index contributed by atoms with van der Waals surface area (Å²) in [5, 5.41) is 5.79. The number of fused-ring (bicyclic) bond motifs is 4. The van der Waals surface area contributed by atoms with Gasteiger partial charge in [-0.1, -0.05) is 29.8 Å². The summed E-state index contributed by atoms with van der Waals surface area (Å²) < 4.78 is 7.84. The second-order valence-electron chi connectivity index (χ2n) is 6.49. The fourth-order valence-electron chi connectivity index (χ4n) is 3.43. The standard InChI is InChI=1S/C21H17N3O/c1-13-8-9-19-18(10-13)20-15(12-25-19)11-17-14(2)23-24(21(17)22-20)16-6-4-3-5-7-16/h3-11H,12H2,1-2H3. The molecule has 2 aromatic carbocycles. The van der Waals surface area contributed by atoms with Gasteiger partial charge in [-0.3, -0.25) is 0 Å². The average molecular weight is 327 g/mol. The number of ether oxygens (including phenoxy) is 1. The van der Waals surface area contributed by atoms with Gasteiger partial charge < -0.3 is 4.74 Å². The average Bonchev–Trinajstić information content (AvgIpc) is 2.97. The Morgan fingerprint density at radius 2 is 1.84 bits per heavy atom. The third kappa shape index (κ3) is 2.14. The lowest BCUT2D eigenvalue weighted by Crippen LogP contribution is -2.08. The van der Waals surface area contributed by atoms with Crippen LogP contribution in [0, 0.1) is 13.8 Å². The molecule has 4 aromatic rings. The van der Waals surface area contributed by atoms with Crippen molar-refractivity contribution in [2.24, 2.45) is 0 Å². The molecule has 0 saturated carbocycles. The second kappa shape index (κ2) is 5.18. The summed E-state index contributed by atoms with van der Waals surface area (Å²) in [6, 6.07) is 18.6. The molecule has 1 aliphatic heterocycles. The van der Waals surface area contributed by atoms with E-state index < -0.39 is 0 Å². The van der Waals surface area contributed by atoms with Gasteiger partial charge in [-0.2, -0.15) is 5.10 Å². The first-order valence-electron chi connectivity index (χ1n) is 8.39. The van der Waals surface area contributed by atoms with E-state index in [1.807, 2.05) is 48.0 Å². The summed E-state index contributed by atoms with van der Waals surface area (Å²) >= 11 is 0. The topological polar surface area (TPSA) is 39.9 Å². The number of benzene rings is 2. The number of nitrogens with zero attached hydrogens (tertiary/aromatic N) is 3. The molecular formula is C21H17N3O. The second-order valence-corrected chi connectivity index (χ2v) is 6.49. The molecule has 0 bridgehead atoms. The van der Waals surface area contributed by atoms with E-state index in [1.165, 1.54) is 5.56 Å². The summed E-state index contributed by atoms with van der Waals surface area (Å²) in [6.07, 6.45) is 0. The Labute approximate surface area is 145 Å². The Bertz CT molecular complexity index is 1110. The molecule has 122 valence electrons. The van der Waals surface area contributed by atoms with Crippen molar-refractivity contribution < 1.29 is 4.74 Å². The van der Waals surface area contributed by atoms with E-state index >= 15 is 0 Å². The number of para-hydroxylation sites is 1. The van der Waals surface area contributed by atoms with Gasteiger partial charge in [-0.25, -0.2) is 9.67 Å². The van der Waals surface area contributed by atoms with Gasteiger partial charge >= 0.3 is 0 Å². The summed E-state index contributed by atoms with van der Waals surface area (Å²) in [7, 11) is 0. The predicted molar refractivity (Wildman–Crippen MR) is 98.1 cm³/mol. The highest BCUT2D eigenvalue weighted by Gasteiger charge is 2.22. The van der Waals surface area contributed by atoms with Crippen molar-refractivity contribution in [1.29, 1.82) is 0 Å². The Hall–Kier alpha value is -3.14. The Kier molecular flexibility index (Phi) is 2.95. The van der Waals surface area contributed by atoms with E-state index in [1.54, 1.807) is 0 Å². The number of pyridine rings is 1. The van der Waals surface area contributed by atoms with Gasteiger partial charge in [0, 0.05) is 16.5 Å². The normalized spacial score (nSPS) is 12.6. The maximum Gasteiger partial charge on any atom is 0.163 e. The first-order valence-corrected chi connectivity index (χ1v) is 8.39. The van der Waals surface area contributed by atoms with Crippen LogP contribution >= 0.6 is 0 Å². The van der Waals surface area contributed by atoms with Crippen LogP contribution in [0.3, 0.4) is 0 Å². The van der Waals surface area contributed by atoms with Gasteiger partial charge in [0.05, 0.1) is 17.1 Å². The van der Waals surface area contributed by atoms with Crippen LogP contribution < -0.4 is 4.74 Å². The number of rotatable bonds is 1. The van der Waals surface area contributed by atoms with Gasteiger partial charge in [0.2, 0.25) is 0 Å². The quantitative estimate of drug-likeness (QED) is 0.513. The molecule has 0 fully saturated rings. The lowest BCUT2D eigenvalue weighted by molar-refractivity contribution is 0.301. The van der Waals surface area contributed by atoms with Crippen LogP contribution in [0.5, 0.6) is 5.75 Å². The largest absolute Gasteiger partial charge is 0.488 e. The van der Waals surface area contributed by atoms with E-state index in [-0.39, 0.29) is 0 Å². The maximum absolute atomic E-state index is 5.92. The van der Waals surface area contributed by atoms with Crippen molar-refractivity contribution in [3.05, 3.63) is 71.4 Å². The van der Waals surface area contributed by atoms with E-state index in [9.17, 15) is 0 Å². The summed E-state index contributed by atoms with van der Waals surface area (Å²) in [6.45, 7) is 4.66. The van der Waals surface area contributed by atoms with Gasteiger partial charge in [0.25, 0.3) is 0 Å². The molecule has 25 heavy (non-hydrogen) atoms. The van der Waals surface area contributed by atoms with Gasteiger partial charge in [0.15, 0.2) is 5.65 Å². The lowest BCUT2D eigenvalue weighted by Gasteiger charge is -2.20. The zero-order valence-corrected chi connectivity index (χ0v) is 14.2. The van der Waals surface area contributed by atoms with Crippen molar-refractivity contribution in [3.63, 3.8) is 0 Å².